The normalized spacial score (nSPS) is 13.7. The van der Waals surface area contributed by atoms with Crippen molar-refractivity contribution in [1.82, 2.24) is 0 Å². The number of halogens is 6. The molecule has 0 saturated heterocycles. The summed E-state index contributed by atoms with van der Waals surface area (Å²) in [4.78, 5) is 57.7. The van der Waals surface area contributed by atoms with Gasteiger partial charge in [0.15, 0.2) is 4.87 Å². The number of benzene rings is 2. The highest BCUT2D eigenvalue weighted by Gasteiger charge is 2.32. The van der Waals surface area contributed by atoms with Gasteiger partial charge in [-0.15, -0.1) is 34.8 Å². The van der Waals surface area contributed by atoms with Crippen molar-refractivity contribution < 1.29 is 59.4 Å². The fraction of sp³-hybridized carbons (Fsp3) is 0.438. The zero-order valence-electron chi connectivity index (χ0n) is 28.3. The molecule has 0 spiro atoms. The van der Waals surface area contributed by atoms with E-state index in [0.29, 0.717) is 5.56 Å². The Kier molecular flexibility index (Phi) is 27.7. The largest absolute Gasteiger partial charge is 0.480 e. The minimum Gasteiger partial charge on any atom is -0.480 e. The van der Waals surface area contributed by atoms with Gasteiger partial charge in [-0.05, 0) is 66.5 Å². The lowest BCUT2D eigenvalue weighted by Crippen LogP contribution is -2.25. The molecule has 0 aliphatic rings. The standard InChI is InChI=1S/C9H9BrO2.C9H9ClO2.C4H7BrO2.C4H7ClO2.C3H5BrO2.C3H5ClO2/c2*1-9(10,8(11)12)7-5-3-2-4-6-7;2*1-4(2,5)3(6)7;2*1-2(4)3(5)6/h2*2-6H,1H3,(H,11,12);2*1-2H3,(H,6,7);2*2H,1H3,(H,5,6). The van der Waals surface area contributed by atoms with Crippen molar-refractivity contribution in [2.45, 2.75) is 84.0 Å². The van der Waals surface area contributed by atoms with E-state index >= 15 is 0 Å². The Bertz CT molecular complexity index is 1240. The molecule has 284 valence electrons. The van der Waals surface area contributed by atoms with Gasteiger partial charge in [-0.3, -0.25) is 24.0 Å². The van der Waals surface area contributed by atoms with E-state index in [2.05, 4.69) is 47.8 Å². The highest BCUT2D eigenvalue weighted by molar-refractivity contribution is 9.10. The molecule has 0 fully saturated rings. The topological polar surface area (TPSA) is 224 Å². The molecule has 0 aromatic heterocycles. The van der Waals surface area contributed by atoms with Crippen LogP contribution in [-0.4, -0.2) is 85.9 Å². The van der Waals surface area contributed by atoms with Crippen molar-refractivity contribution in [3.63, 3.8) is 0 Å². The van der Waals surface area contributed by atoms with Crippen LogP contribution < -0.4 is 0 Å². The Hall–Kier alpha value is -2.43. The Labute approximate surface area is 331 Å². The highest BCUT2D eigenvalue weighted by atomic mass is 79.9. The molecule has 0 bridgehead atoms. The molecule has 0 saturated carbocycles. The fourth-order valence-corrected chi connectivity index (χ4v) is 2.14. The number of rotatable bonds is 8. The number of hydrogen-bond donors (Lipinski definition) is 6. The maximum Gasteiger partial charge on any atom is 0.329 e. The Morgan fingerprint density at radius 2 is 0.840 bits per heavy atom. The Morgan fingerprint density at radius 1 is 0.580 bits per heavy atom. The van der Waals surface area contributed by atoms with Crippen LogP contribution >= 0.6 is 82.6 Å². The average Bonchev–Trinajstić information content (AvgIpc) is 2.98. The molecule has 0 heterocycles. The summed E-state index contributed by atoms with van der Waals surface area (Å²) >= 11 is 25.0. The molecular weight excluding hydrogens is 922 g/mol. The van der Waals surface area contributed by atoms with Crippen LogP contribution in [0.2, 0.25) is 0 Å². The van der Waals surface area contributed by atoms with E-state index in [1.165, 1.54) is 27.7 Å². The average molecular weight is 965 g/mol. The third-order valence-corrected chi connectivity index (χ3v) is 7.39. The molecule has 0 aliphatic heterocycles. The predicted octanol–water partition coefficient (Wildman–Crippen LogP) is 8.49. The van der Waals surface area contributed by atoms with Crippen molar-refractivity contribution in [2.75, 3.05) is 0 Å². The van der Waals surface area contributed by atoms with Gasteiger partial charge < -0.3 is 30.6 Å². The molecule has 0 radical (unpaired) electrons. The third kappa shape index (κ3) is 27.3. The van der Waals surface area contributed by atoms with E-state index < -0.39 is 64.4 Å². The quantitative estimate of drug-likeness (QED) is 0.137. The first kappa shape index (κ1) is 54.3. The molecule has 50 heavy (non-hydrogen) atoms. The van der Waals surface area contributed by atoms with E-state index in [-0.39, 0.29) is 0 Å². The summed E-state index contributed by atoms with van der Waals surface area (Å²) in [5, 5.41) is 49.0. The summed E-state index contributed by atoms with van der Waals surface area (Å²) in [6, 6.07) is 17.8. The molecule has 2 aromatic rings. The van der Waals surface area contributed by atoms with Gasteiger partial charge in [-0.1, -0.05) is 108 Å². The lowest BCUT2D eigenvalue weighted by Gasteiger charge is -2.16. The first-order chi connectivity index (χ1) is 22.3. The van der Waals surface area contributed by atoms with Crippen LogP contribution in [0.1, 0.15) is 66.5 Å². The van der Waals surface area contributed by atoms with E-state index in [0.717, 1.165) is 5.56 Å². The van der Waals surface area contributed by atoms with Crippen LogP contribution in [0.25, 0.3) is 0 Å². The minimum atomic E-state index is -1.32. The maximum absolute atomic E-state index is 10.8. The molecule has 0 amide bonds. The molecule has 6 N–H and O–H groups in total. The lowest BCUT2D eigenvalue weighted by molar-refractivity contribution is -0.140. The summed E-state index contributed by atoms with van der Waals surface area (Å²) in [5.74, 6) is -5.54. The number of aliphatic carboxylic acids is 6. The summed E-state index contributed by atoms with van der Waals surface area (Å²) in [6.07, 6.45) is 0. The number of carbonyl (C=O) groups is 6. The van der Waals surface area contributed by atoms with E-state index in [4.69, 9.17) is 65.4 Å². The van der Waals surface area contributed by atoms with Crippen molar-refractivity contribution in [2.24, 2.45) is 0 Å². The number of hydrogen-bond acceptors (Lipinski definition) is 6. The van der Waals surface area contributed by atoms with Gasteiger partial charge in [0, 0.05) is 0 Å². The summed E-state index contributed by atoms with van der Waals surface area (Å²) < 4.78 is -1.75. The zero-order chi connectivity index (χ0) is 40.8. The van der Waals surface area contributed by atoms with Gasteiger partial charge in [-0.2, -0.15) is 0 Å². The molecule has 18 heteroatoms. The molecule has 4 atom stereocenters. The molecular formula is C32H42Br3Cl3O12. The van der Waals surface area contributed by atoms with Crippen molar-refractivity contribution >= 4 is 118 Å². The lowest BCUT2D eigenvalue weighted by atomic mass is 10.0. The maximum atomic E-state index is 10.8. The smallest absolute Gasteiger partial charge is 0.329 e. The number of carboxylic acid groups (broad SMARTS) is 6. The first-order valence-electron chi connectivity index (χ1n) is 13.8. The summed E-state index contributed by atoms with van der Waals surface area (Å²) in [7, 11) is 0. The molecule has 12 nitrogen and oxygen atoms in total. The summed E-state index contributed by atoms with van der Waals surface area (Å²) in [5.41, 5.74) is 1.34. The van der Waals surface area contributed by atoms with Gasteiger partial charge >= 0.3 is 35.8 Å². The fourth-order valence-electron chi connectivity index (χ4n) is 1.75. The van der Waals surface area contributed by atoms with Crippen molar-refractivity contribution in [3.05, 3.63) is 71.8 Å². The molecule has 2 rings (SSSR count). The van der Waals surface area contributed by atoms with Gasteiger partial charge in [-0.25, -0.2) is 4.79 Å². The van der Waals surface area contributed by atoms with E-state index in [9.17, 15) is 28.8 Å². The van der Waals surface area contributed by atoms with Crippen LogP contribution in [0.5, 0.6) is 0 Å². The van der Waals surface area contributed by atoms with Crippen LogP contribution in [0.15, 0.2) is 60.7 Å². The van der Waals surface area contributed by atoms with Crippen LogP contribution in [0, 0.1) is 0 Å². The summed E-state index contributed by atoms with van der Waals surface area (Å²) in [6.45, 7) is 12.1. The molecule has 4 unspecified atom stereocenters. The van der Waals surface area contributed by atoms with Gasteiger partial charge in [0.1, 0.15) is 23.7 Å². The second kappa shape index (κ2) is 25.5. The zero-order valence-corrected chi connectivity index (χ0v) is 35.4. The van der Waals surface area contributed by atoms with Crippen LogP contribution in [0.4, 0.5) is 0 Å². The van der Waals surface area contributed by atoms with Gasteiger partial charge in [0.05, 0.1) is 0 Å². The second-order valence-corrected chi connectivity index (χ2v) is 18.1. The Morgan fingerprint density at radius 3 is 1.00 bits per heavy atom. The van der Waals surface area contributed by atoms with E-state index in [1.54, 1.807) is 64.1 Å². The van der Waals surface area contributed by atoms with Gasteiger partial charge in [0.2, 0.25) is 0 Å². The minimum absolute atomic E-state index is 0.419. The van der Waals surface area contributed by atoms with Crippen LogP contribution in [0.3, 0.4) is 0 Å². The third-order valence-electron chi connectivity index (χ3n) is 5.13. The first-order valence-corrected chi connectivity index (χ1v) is 17.5. The van der Waals surface area contributed by atoms with E-state index in [1.807, 2.05) is 24.3 Å². The van der Waals surface area contributed by atoms with Gasteiger partial charge in [0.25, 0.3) is 0 Å². The molecule has 2 aromatic carbocycles. The number of carboxylic acids is 6. The SMILES string of the molecule is CC(Br)(C(=O)O)c1ccccc1.CC(Br)C(=O)O.CC(C)(Br)C(=O)O.CC(C)(Cl)C(=O)O.CC(Cl)(C(=O)O)c1ccccc1.CC(Cl)C(=O)O. The van der Waals surface area contributed by atoms with Crippen molar-refractivity contribution in [1.29, 1.82) is 0 Å². The van der Waals surface area contributed by atoms with Crippen molar-refractivity contribution in [3.8, 4) is 0 Å². The Balaban J connectivity index is -0.000000262. The van der Waals surface area contributed by atoms with Crippen LogP contribution in [-0.2, 0) is 38.0 Å². The molecule has 0 aliphatic carbocycles. The highest BCUT2D eigenvalue weighted by Crippen LogP contribution is 2.30. The predicted molar refractivity (Wildman–Crippen MR) is 205 cm³/mol. The number of alkyl halides is 6. The second-order valence-electron chi connectivity index (χ2n) is 10.8. The monoisotopic (exact) mass is 960 g/mol.